The molecule has 0 unspecified atom stereocenters. The minimum absolute atomic E-state index is 0.224. The van der Waals surface area contributed by atoms with Crippen LogP contribution in [0.3, 0.4) is 0 Å². The molecule has 28 heavy (non-hydrogen) atoms. The second-order valence-electron chi connectivity index (χ2n) is 6.65. The molecule has 0 amide bonds. The maximum atomic E-state index is 10.6. The maximum absolute atomic E-state index is 10.6. The summed E-state index contributed by atoms with van der Waals surface area (Å²) in [5.74, 6) is -0.749. The number of carboxylic acids is 1. The van der Waals surface area contributed by atoms with Gasteiger partial charge in [-0.05, 0) is 13.3 Å². The largest absolute Gasteiger partial charge is 0.490 e. The Bertz CT molecular complexity index is 769. The van der Waals surface area contributed by atoms with Gasteiger partial charge in [0.05, 0.1) is 25.2 Å². The average Bonchev–Trinajstić information content (AvgIpc) is 3.34. The van der Waals surface area contributed by atoms with Crippen molar-refractivity contribution in [2.24, 2.45) is 5.92 Å². The average molecular weight is 420 g/mol. The number of halogens is 3. The Kier molecular flexibility index (Phi) is 6.30. The van der Waals surface area contributed by atoms with Gasteiger partial charge in [-0.1, -0.05) is 5.16 Å². The van der Waals surface area contributed by atoms with Crippen molar-refractivity contribution in [1.29, 1.82) is 0 Å². The monoisotopic (exact) mass is 420 g/mol. The van der Waals surface area contributed by atoms with Crippen LogP contribution in [0.5, 0.6) is 0 Å². The summed E-state index contributed by atoms with van der Waals surface area (Å²) in [6.45, 7) is 4.89. The van der Waals surface area contributed by atoms with Crippen molar-refractivity contribution in [3.05, 3.63) is 28.3 Å². The van der Waals surface area contributed by atoms with Crippen molar-refractivity contribution in [2.45, 2.75) is 44.7 Å². The highest BCUT2D eigenvalue weighted by atomic mass is 32.1. The molecule has 0 aliphatic carbocycles. The van der Waals surface area contributed by atoms with E-state index >= 15 is 0 Å². The minimum Gasteiger partial charge on any atom is -0.475 e. The highest BCUT2D eigenvalue weighted by Crippen LogP contribution is 2.34. The lowest BCUT2D eigenvalue weighted by Crippen LogP contribution is -2.25. The summed E-state index contributed by atoms with van der Waals surface area (Å²) in [5.41, 5.74) is 0. The fourth-order valence-electron chi connectivity index (χ4n) is 3.35. The van der Waals surface area contributed by atoms with Crippen LogP contribution in [0.25, 0.3) is 0 Å². The van der Waals surface area contributed by atoms with Gasteiger partial charge in [0.1, 0.15) is 5.01 Å². The van der Waals surface area contributed by atoms with Crippen LogP contribution in [0.4, 0.5) is 13.2 Å². The quantitative estimate of drug-likeness (QED) is 0.804. The van der Waals surface area contributed by atoms with Gasteiger partial charge in [0.2, 0.25) is 5.89 Å². The van der Waals surface area contributed by atoms with Crippen LogP contribution in [0.1, 0.15) is 23.1 Å². The molecule has 0 aromatic carbocycles. The molecule has 12 heteroatoms. The molecule has 8 nitrogen and oxygen atoms in total. The molecule has 0 bridgehead atoms. The molecule has 2 aliphatic rings. The fourth-order valence-corrected chi connectivity index (χ4v) is 4.01. The lowest BCUT2D eigenvalue weighted by atomic mass is 10.0. The van der Waals surface area contributed by atoms with E-state index in [1.165, 1.54) is 5.01 Å². The third kappa shape index (κ3) is 5.49. The van der Waals surface area contributed by atoms with E-state index in [-0.39, 0.29) is 6.10 Å². The van der Waals surface area contributed by atoms with Gasteiger partial charge in [0.15, 0.2) is 5.82 Å². The molecule has 2 aromatic heterocycles. The number of aromatic nitrogens is 3. The number of rotatable bonds is 4. The third-order valence-corrected chi connectivity index (χ3v) is 5.21. The summed E-state index contributed by atoms with van der Waals surface area (Å²) in [4.78, 5) is 20.0. The summed E-state index contributed by atoms with van der Waals surface area (Å²) in [5, 5.41) is 14.2. The van der Waals surface area contributed by atoms with Crippen molar-refractivity contribution in [2.75, 3.05) is 13.1 Å². The van der Waals surface area contributed by atoms with Gasteiger partial charge in [-0.2, -0.15) is 18.2 Å². The number of carbonyl (C=O) groups is 1. The van der Waals surface area contributed by atoms with E-state index < -0.39 is 12.1 Å². The number of likely N-dealkylation sites (tertiary alicyclic amines) is 1. The van der Waals surface area contributed by atoms with Gasteiger partial charge in [0.25, 0.3) is 0 Å². The Labute approximate surface area is 162 Å². The smallest absolute Gasteiger partial charge is 0.475 e. The molecule has 0 saturated carbocycles. The number of fused-ring (bicyclic) bond motifs is 1. The Balaban J connectivity index is 0.000000279. The molecule has 2 aromatic rings. The normalized spacial score (nSPS) is 24.6. The zero-order chi connectivity index (χ0) is 20.3. The van der Waals surface area contributed by atoms with E-state index in [1.807, 2.05) is 18.5 Å². The number of hydrogen-bond acceptors (Lipinski definition) is 8. The van der Waals surface area contributed by atoms with Crippen molar-refractivity contribution in [1.82, 2.24) is 20.0 Å². The second-order valence-corrected chi connectivity index (χ2v) is 7.63. The Hall–Kier alpha value is -2.05. The number of carboxylic acid groups (broad SMARTS) is 1. The van der Waals surface area contributed by atoms with Gasteiger partial charge in [0, 0.05) is 30.6 Å². The standard InChI is InChI=1S/C14H18N4O2S.C2HF3O2/c1-9-16-13(20-17-9)5-11-4-10-6-18(7-12(10)19-11)8-14-15-2-3-21-14;3-2(4,5)1(6)7/h2-3,10-12H,4-8H2,1H3;(H,6,7)/t10-,11+,12+;/m0./s1. The molecule has 1 N–H and O–H groups in total. The summed E-state index contributed by atoms with van der Waals surface area (Å²) >= 11 is 1.72. The lowest BCUT2D eigenvalue weighted by Gasteiger charge is -2.17. The van der Waals surface area contributed by atoms with E-state index in [9.17, 15) is 13.2 Å². The molecule has 3 atom stereocenters. The SMILES string of the molecule is Cc1noc(C[C@H]2C[C@H]3CN(Cc4nccs4)C[C@H]3O2)n1.O=C(O)C(F)(F)F. The highest BCUT2D eigenvalue weighted by molar-refractivity contribution is 7.09. The summed E-state index contributed by atoms with van der Waals surface area (Å²) in [7, 11) is 0. The van der Waals surface area contributed by atoms with E-state index in [0.29, 0.717) is 23.7 Å². The number of nitrogens with zero attached hydrogens (tertiary/aromatic N) is 4. The van der Waals surface area contributed by atoms with Gasteiger partial charge in [-0.15, -0.1) is 11.3 Å². The second kappa shape index (κ2) is 8.53. The van der Waals surface area contributed by atoms with Crippen LogP contribution in [-0.4, -0.2) is 62.6 Å². The Morgan fingerprint density at radius 1 is 1.43 bits per heavy atom. The molecule has 2 aliphatic heterocycles. The first-order chi connectivity index (χ1) is 13.2. The molecule has 0 spiro atoms. The fraction of sp³-hybridized carbons (Fsp3) is 0.625. The summed E-state index contributed by atoms with van der Waals surface area (Å²) in [6, 6.07) is 0. The molecule has 2 saturated heterocycles. The number of ether oxygens (including phenoxy) is 1. The molecular weight excluding hydrogens is 401 g/mol. The van der Waals surface area contributed by atoms with Gasteiger partial charge in [-0.25, -0.2) is 9.78 Å². The predicted octanol–water partition coefficient (Wildman–Crippen LogP) is 2.30. The van der Waals surface area contributed by atoms with E-state index in [2.05, 4.69) is 20.0 Å². The van der Waals surface area contributed by atoms with Gasteiger partial charge >= 0.3 is 12.1 Å². The topological polar surface area (TPSA) is 102 Å². The van der Waals surface area contributed by atoms with E-state index in [0.717, 1.165) is 32.5 Å². The molecule has 2 fully saturated rings. The van der Waals surface area contributed by atoms with Crippen LogP contribution < -0.4 is 0 Å². The van der Waals surface area contributed by atoms with Crippen LogP contribution in [0.15, 0.2) is 16.1 Å². The molecule has 4 rings (SSSR count). The zero-order valence-electron chi connectivity index (χ0n) is 14.9. The Morgan fingerprint density at radius 3 is 2.71 bits per heavy atom. The number of alkyl halides is 3. The molecule has 0 radical (unpaired) electrons. The number of aryl methyl sites for hydroxylation is 1. The summed E-state index contributed by atoms with van der Waals surface area (Å²) in [6.07, 6.45) is -0.822. The first-order valence-electron chi connectivity index (χ1n) is 8.56. The van der Waals surface area contributed by atoms with E-state index in [1.54, 1.807) is 11.3 Å². The van der Waals surface area contributed by atoms with E-state index in [4.69, 9.17) is 19.2 Å². The van der Waals surface area contributed by atoms with Crippen molar-refractivity contribution >= 4 is 17.3 Å². The Morgan fingerprint density at radius 2 is 2.18 bits per heavy atom. The maximum Gasteiger partial charge on any atom is 0.490 e. The molecule has 4 heterocycles. The van der Waals surface area contributed by atoms with Gasteiger partial charge in [-0.3, -0.25) is 4.90 Å². The zero-order valence-corrected chi connectivity index (χ0v) is 15.7. The van der Waals surface area contributed by atoms with Crippen molar-refractivity contribution in [3.63, 3.8) is 0 Å². The summed E-state index contributed by atoms with van der Waals surface area (Å²) < 4.78 is 43.1. The lowest BCUT2D eigenvalue weighted by molar-refractivity contribution is -0.192. The van der Waals surface area contributed by atoms with Crippen LogP contribution in [0, 0.1) is 12.8 Å². The third-order valence-electron chi connectivity index (χ3n) is 4.45. The van der Waals surface area contributed by atoms with Crippen LogP contribution in [0.2, 0.25) is 0 Å². The number of aliphatic carboxylic acids is 1. The number of thiazole rings is 1. The van der Waals surface area contributed by atoms with Crippen LogP contribution in [-0.2, 0) is 22.5 Å². The first kappa shape index (κ1) is 20.7. The van der Waals surface area contributed by atoms with Gasteiger partial charge < -0.3 is 14.4 Å². The van der Waals surface area contributed by atoms with Crippen LogP contribution >= 0.6 is 11.3 Å². The minimum atomic E-state index is -5.08. The molecular formula is C16H19F3N4O4S. The van der Waals surface area contributed by atoms with Crippen molar-refractivity contribution < 1.29 is 32.3 Å². The first-order valence-corrected chi connectivity index (χ1v) is 9.44. The predicted molar refractivity (Wildman–Crippen MR) is 90.6 cm³/mol. The molecule has 154 valence electrons. The van der Waals surface area contributed by atoms with Crippen molar-refractivity contribution in [3.8, 4) is 0 Å². The highest BCUT2D eigenvalue weighted by Gasteiger charge is 2.42. The number of hydrogen-bond donors (Lipinski definition) is 1.